The Balaban J connectivity index is 2.40. The van der Waals surface area contributed by atoms with Crippen LogP contribution in [-0.4, -0.2) is 6.07 Å². The van der Waals surface area contributed by atoms with Gasteiger partial charge in [0.1, 0.15) is 0 Å². The zero-order valence-corrected chi connectivity index (χ0v) is 3.10. The minimum Gasteiger partial charge on any atom is -0.348 e. The van der Waals surface area contributed by atoms with Gasteiger partial charge in [-0.1, -0.05) is 11.6 Å². The molecule has 0 unspecified atom stereocenters. The summed E-state index contributed by atoms with van der Waals surface area (Å²) in [5.41, 5.74) is 0. The van der Waals surface area contributed by atoms with E-state index in [9.17, 15) is 0 Å². The van der Waals surface area contributed by atoms with E-state index < -0.39 is 0 Å². The molecule has 0 aromatic heterocycles. The van der Waals surface area contributed by atoms with E-state index in [4.69, 9.17) is 16.5 Å². The van der Waals surface area contributed by atoms with E-state index >= 15 is 0 Å². The van der Waals surface area contributed by atoms with E-state index in [0.29, 0.717) is 0 Å². The van der Waals surface area contributed by atoms with Gasteiger partial charge in [-0.05, 0) is 0 Å². The normalized spacial score (nSPS) is 6.60. The quantitative estimate of drug-likeness (QED) is 0.290. The van der Waals surface area contributed by atoms with Crippen molar-refractivity contribution in [1.29, 1.82) is 0 Å². The van der Waals surface area contributed by atoms with Crippen LogP contribution >= 0.6 is 11.6 Å². The molecule has 0 fully saturated rings. The first-order valence-electron chi connectivity index (χ1n) is 0.921. The lowest BCUT2D eigenvalue weighted by molar-refractivity contribution is 0.187. The third-order valence-corrected chi connectivity index (χ3v) is 0.199. The lowest BCUT2D eigenvalue weighted by Crippen LogP contribution is -1.67. The Morgan fingerprint density at radius 1 is 2.00 bits per heavy atom. The molecule has 0 spiro atoms. The van der Waals surface area contributed by atoms with Crippen molar-refractivity contribution in [3.63, 3.8) is 0 Å². The van der Waals surface area contributed by atoms with Gasteiger partial charge in [0.05, 0.1) is 0 Å². The van der Waals surface area contributed by atoms with Crippen molar-refractivity contribution in [2.45, 2.75) is 0 Å². The van der Waals surface area contributed by atoms with Crippen LogP contribution < -0.4 is 0 Å². The van der Waals surface area contributed by atoms with Crippen LogP contribution in [0.3, 0.4) is 0 Å². The van der Waals surface area contributed by atoms with Gasteiger partial charge in [0.25, 0.3) is 0 Å². The van der Waals surface area contributed by atoms with E-state index in [0.717, 1.165) is 0 Å². The van der Waals surface area contributed by atoms with E-state index in [1.165, 1.54) is 0 Å². The Morgan fingerprint density at radius 3 is 2.60 bits per heavy atom. The molecule has 0 saturated heterocycles. The summed E-state index contributed by atoms with van der Waals surface area (Å²) in [6.45, 7) is 0. The minimum atomic E-state index is -0.163. The Kier molecular flexibility index (Phi) is 3.46. The highest BCUT2D eigenvalue weighted by atomic mass is 35.5. The van der Waals surface area contributed by atoms with Crippen LogP contribution in [0.15, 0.2) is 5.34 Å². The molecule has 0 aliphatic rings. The smallest absolute Gasteiger partial charge is 0.193 e. The molecule has 0 radical (unpaired) electrons. The van der Waals surface area contributed by atoms with Gasteiger partial charge in [-0.3, -0.25) is 0 Å². The first kappa shape index (κ1) is 4.69. The molecule has 0 saturated carbocycles. The molecule has 0 amide bonds. The van der Waals surface area contributed by atoms with Crippen LogP contribution in [0.25, 0.3) is 0 Å². The fourth-order valence-electron chi connectivity index (χ4n) is 0.0199. The van der Waals surface area contributed by atoms with Crippen molar-refractivity contribution >= 4 is 11.6 Å². The second kappa shape index (κ2) is 3.69. The third-order valence-electron chi connectivity index (χ3n) is 0.101. The maximum atomic E-state index is 8.85. The summed E-state index contributed by atoms with van der Waals surface area (Å²) in [7, 11) is 0. The van der Waals surface area contributed by atoms with Gasteiger partial charge in [0, 0.05) is 0 Å². The average Bonchev–Trinajstić information content (AvgIpc) is 1.41. The molecular weight excluding hydrogens is 93.5 g/mol. The number of hydrogen-bond acceptors (Lipinski definition) is 3. The van der Waals surface area contributed by atoms with Crippen molar-refractivity contribution in [3.8, 4) is 0 Å². The van der Waals surface area contributed by atoms with Crippen molar-refractivity contribution in [2.75, 3.05) is 6.07 Å². The monoisotopic (exact) mass is 95.0 g/mol. The summed E-state index contributed by atoms with van der Waals surface area (Å²) in [5.74, 6) is 0. The molecule has 3 nitrogen and oxygen atoms in total. The van der Waals surface area contributed by atoms with Crippen LogP contribution in [0.2, 0.25) is 0 Å². The SMILES string of the molecule is O=NOCCl. The largest absolute Gasteiger partial charge is 0.348 e. The minimum absolute atomic E-state index is 0.163. The highest BCUT2D eigenvalue weighted by Crippen LogP contribution is 1.74. The van der Waals surface area contributed by atoms with Crippen molar-refractivity contribution in [1.82, 2.24) is 0 Å². The molecule has 0 aliphatic carbocycles. The van der Waals surface area contributed by atoms with Gasteiger partial charge >= 0.3 is 0 Å². The molecule has 0 rings (SSSR count). The number of rotatable bonds is 2. The molecule has 5 heavy (non-hydrogen) atoms. The van der Waals surface area contributed by atoms with Gasteiger partial charge in [0.2, 0.25) is 0 Å². The van der Waals surface area contributed by atoms with Crippen LogP contribution in [0, 0.1) is 4.91 Å². The predicted molar refractivity (Wildman–Crippen MR) is 17.6 cm³/mol. The van der Waals surface area contributed by atoms with Crippen LogP contribution in [0.5, 0.6) is 0 Å². The van der Waals surface area contributed by atoms with Crippen LogP contribution in [0.1, 0.15) is 0 Å². The molecule has 30 valence electrons. The summed E-state index contributed by atoms with van der Waals surface area (Å²) in [6.07, 6.45) is 0. The Bertz CT molecular complexity index is 30.8. The number of halogens is 1. The van der Waals surface area contributed by atoms with Crippen molar-refractivity contribution in [2.24, 2.45) is 5.34 Å². The van der Waals surface area contributed by atoms with Gasteiger partial charge < -0.3 is 4.84 Å². The fraction of sp³-hybridized carbons (Fsp3) is 1.00. The van der Waals surface area contributed by atoms with Crippen molar-refractivity contribution < 1.29 is 4.84 Å². The Morgan fingerprint density at radius 2 is 2.60 bits per heavy atom. The van der Waals surface area contributed by atoms with E-state index in [-0.39, 0.29) is 6.07 Å². The highest BCUT2D eigenvalue weighted by molar-refractivity contribution is 6.17. The summed E-state index contributed by atoms with van der Waals surface area (Å²) in [4.78, 5) is 12.5. The van der Waals surface area contributed by atoms with Gasteiger partial charge in [-0.15, -0.1) is 4.91 Å². The van der Waals surface area contributed by atoms with Crippen molar-refractivity contribution in [3.05, 3.63) is 4.91 Å². The topological polar surface area (TPSA) is 38.7 Å². The number of alkyl halides is 1. The fourth-order valence-corrected chi connectivity index (χ4v) is 0.0598. The molecule has 0 aliphatic heterocycles. The van der Waals surface area contributed by atoms with E-state index in [2.05, 4.69) is 4.84 Å². The second-order valence-corrected chi connectivity index (χ2v) is 0.531. The van der Waals surface area contributed by atoms with Gasteiger partial charge in [-0.25, -0.2) is 0 Å². The molecule has 0 heterocycles. The lowest BCUT2D eigenvalue weighted by Gasteiger charge is -1.73. The van der Waals surface area contributed by atoms with Crippen LogP contribution in [0.4, 0.5) is 0 Å². The number of hydrogen-bond donors (Lipinski definition) is 0. The molecular formula is CH2ClNO2. The molecule has 0 aromatic rings. The zero-order chi connectivity index (χ0) is 4.12. The maximum Gasteiger partial charge on any atom is 0.193 e. The second-order valence-electron chi connectivity index (χ2n) is 0.313. The summed E-state index contributed by atoms with van der Waals surface area (Å²) >= 11 is 4.79. The highest BCUT2D eigenvalue weighted by Gasteiger charge is 1.64. The first-order valence-corrected chi connectivity index (χ1v) is 1.46. The molecule has 0 aromatic carbocycles. The Hall–Kier alpha value is -0.310. The maximum absolute atomic E-state index is 8.85. The standard InChI is InChI=1S/CH2ClNO2/c2-1-5-3-4/h1H2. The van der Waals surface area contributed by atoms with Crippen LogP contribution in [-0.2, 0) is 4.84 Å². The zero-order valence-electron chi connectivity index (χ0n) is 2.35. The lowest BCUT2D eigenvalue weighted by atomic mass is 11.7. The molecule has 0 N–H and O–H groups in total. The number of nitrogens with zero attached hydrogens (tertiary/aromatic N) is 1. The average molecular weight is 95.5 g/mol. The summed E-state index contributed by atoms with van der Waals surface area (Å²) < 4.78 is 0. The molecule has 0 bridgehead atoms. The first-order chi connectivity index (χ1) is 2.41. The van der Waals surface area contributed by atoms with E-state index in [1.54, 1.807) is 0 Å². The predicted octanol–water partition coefficient (Wildman–Crippen LogP) is 0.881. The Labute approximate surface area is 33.8 Å². The van der Waals surface area contributed by atoms with Gasteiger partial charge in [0.15, 0.2) is 11.4 Å². The molecule has 0 atom stereocenters. The van der Waals surface area contributed by atoms with E-state index in [1.807, 2.05) is 5.34 Å². The summed E-state index contributed by atoms with van der Waals surface area (Å²) in [5, 5.41) is 1.97. The summed E-state index contributed by atoms with van der Waals surface area (Å²) in [6, 6.07) is -0.163. The molecule has 4 heteroatoms. The third kappa shape index (κ3) is 3.69. The van der Waals surface area contributed by atoms with Gasteiger partial charge in [-0.2, -0.15) is 0 Å².